The SMILES string of the molecule is CSc1ncccc1C(=O)Nc1ccc(C)cc1O. The molecule has 1 heterocycles. The van der Waals surface area contributed by atoms with Crippen LogP contribution in [0, 0.1) is 6.92 Å². The predicted octanol–water partition coefficient (Wildman–Crippen LogP) is 3.07. The molecule has 0 spiro atoms. The number of phenols is 1. The van der Waals surface area contributed by atoms with Crippen molar-refractivity contribution in [2.24, 2.45) is 0 Å². The van der Waals surface area contributed by atoms with Crippen molar-refractivity contribution in [1.82, 2.24) is 4.98 Å². The van der Waals surface area contributed by atoms with Crippen LogP contribution in [0.2, 0.25) is 0 Å². The van der Waals surface area contributed by atoms with E-state index in [2.05, 4.69) is 10.3 Å². The summed E-state index contributed by atoms with van der Waals surface area (Å²) in [4.78, 5) is 16.3. The third-order valence-corrected chi connectivity index (χ3v) is 3.32. The van der Waals surface area contributed by atoms with Crippen molar-refractivity contribution in [2.75, 3.05) is 11.6 Å². The lowest BCUT2D eigenvalue weighted by Crippen LogP contribution is -2.13. The number of hydrogen-bond donors (Lipinski definition) is 2. The van der Waals surface area contributed by atoms with E-state index in [-0.39, 0.29) is 11.7 Å². The molecular weight excluding hydrogens is 260 g/mol. The average molecular weight is 274 g/mol. The second-order valence-electron chi connectivity index (χ2n) is 4.03. The van der Waals surface area contributed by atoms with Gasteiger partial charge in [0.05, 0.1) is 11.3 Å². The summed E-state index contributed by atoms with van der Waals surface area (Å²) >= 11 is 1.41. The average Bonchev–Trinajstić information content (AvgIpc) is 2.41. The fraction of sp³-hybridized carbons (Fsp3) is 0.143. The van der Waals surface area contributed by atoms with Gasteiger partial charge in [0.1, 0.15) is 10.8 Å². The predicted molar refractivity (Wildman–Crippen MR) is 76.8 cm³/mol. The van der Waals surface area contributed by atoms with E-state index in [0.29, 0.717) is 16.3 Å². The van der Waals surface area contributed by atoms with Gasteiger partial charge in [0.15, 0.2) is 0 Å². The molecular formula is C14H14N2O2S. The standard InChI is InChI=1S/C14H14N2O2S/c1-9-5-6-11(12(17)8-9)16-13(18)10-4-3-7-15-14(10)19-2/h3-8,17H,1-2H3,(H,16,18). The molecule has 19 heavy (non-hydrogen) atoms. The molecule has 2 N–H and O–H groups in total. The number of aryl methyl sites for hydroxylation is 1. The number of nitrogens with one attached hydrogen (secondary N) is 1. The lowest BCUT2D eigenvalue weighted by atomic mass is 10.2. The third kappa shape index (κ3) is 3.06. The Labute approximate surface area is 115 Å². The molecule has 98 valence electrons. The van der Waals surface area contributed by atoms with Gasteiger partial charge in [-0.15, -0.1) is 11.8 Å². The zero-order valence-electron chi connectivity index (χ0n) is 10.7. The summed E-state index contributed by atoms with van der Waals surface area (Å²) < 4.78 is 0. The van der Waals surface area contributed by atoms with Gasteiger partial charge < -0.3 is 10.4 Å². The molecule has 0 fully saturated rings. The number of carbonyl (C=O) groups excluding carboxylic acids is 1. The van der Waals surface area contributed by atoms with Crippen molar-refractivity contribution in [3.8, 4) is 5.75 Å². The Morgan fingerprint density at radius 3 is 2.84 bits per heavy atom. The maximum atomic E-state index is 12.2. The number of aromatic hydroxyl groups is 1. The third-order valence-electron chi connectivity index (χ3n) is 2.61. The number of amides is 1. The molecule has 0 aliphatic rings. The molecule has 1 amide bonds. The van der Waals surface area contributed by atoms with Crippen molar-refractivity contribution >= 4 is 23.4 Å². The van der Waals surface area contributed by atoms with Crippen molar-refractivity contribution in [3.05, 3.63) is 47.7 Å². The van der Waals surface area contributed by atoms with Crippen LogP contribution in [-0.4, -0.2) is 22.3 Å². The van der Waals surface area contributed by atoms with Crippen LogP contribution in [0.3, 0.4) is 0 Å². The minimum Gasteiger partial charge on any atom is -0.506 e. The fourth-order valence-corrected chi connectivity index (χ4v) is 2.21. The topological polar surface area (TPSA) is 62.2 Å². The normalized spacial score (nSPS) is 10.2. The highest BCUT2D eigenvalue weighted by Gasteiger charge is 2.13. The van der Waals surface area contributed by atoms with Crippen molar-refractivity contribution in [2.45, 2.75) is 11.9 Å². The number of hydrogen-bond acceptors (Lipinski definition) is 4. The van der Waals surface area contributed by atoms with E-state index in [1.807, 2.05) is 19.2 Å². The number of benzene rings is 1. The molecule has 0 aliphatic carbocycles. The van der Waals surface area contributed by atoms with Gasteiger partial charge in [0, 0.05) is 6.20 Å². The fourth-order valence-electron chi connectivity index (χ4n) is 1.66. The zero-order valence-corrected chi connectivity index (χ0v) is 11.5. The molecule has 1 aromatic heterocycles. The zero-order chi connectivity index (χ0) is 13.8. The van der Waals surface area contributed by atoms with Gasteiger partial charge in [-0.2, -0.15) is 0 Å². The van der Waals surface area contributed by atoms with Crippen molar-refractivity contribution < 1.29 is 9.90 Å². The number of anilines is 1. The molecule has 0 bridgehead atoms. The number of rotatable bonds is 3. The van der Waals surface area contributed by atoms with Crippen LogP contribution >= 0.6 is 11.8 Å². The van der Waals surface area contributed by atoms with Crippen LogP contribution in [0.5, 0.6) is 5.75 Å². The Hall–Kier alpha value is -2.01. The van der Waals surface area contributed by atoms with Crippen molar-refractivity contribution in [1.29, 1.82) is 0 Å². The van der Waals surface area contributed by atoms with Gasteiger partial charge in [0.2, 0.25) is 0 Å². The Morgan fingerprint density at radius 1 is 1.37 bits per heavy atom. The first-order valence-corrected chi connectivity index (χ1v) is 6.94. The minimum atomic E-state index is -0.281. The highest BCUT2D eigenvalue weighted by Crippen LogP contribution is 2.25. The maximum Gasteiger partial charge on any atom is 0.258 e. The molecule has 0 atom stereocenters. The van der Waals surface area contributed by atoms with E-state index in [4.69, 9.17) is 0 Å². The summed E-state index contributed by atoms with van der Waals surface area (Å²) in [6, 6.07) is 8.53. The van der Waals surface area contributed by atoms with Crippen LogP contribution in [0.1, 0.15) is 15.9 Å². The molecule has 0 saturated heterocycles. The van der Waals surface area contributed by atoms with Crippen LogP contribution in [0.25, 0.3) is 0 Å². The summed E-state index contributed by atoms with van der Waals surface area (Å²) in [6.45, 7) is 1.87. The number of phenolic OH excluding ortho intramolecular Hbond substituents is 1. The maximum absolute atomic E-state index is 12.2. The first kappa shape index (κ1) is 13.4. The Morgan fingerprint density at radius 2 is 2.16 bits per heavy atom. The van der Waals surface area contributed by atoms with E-state index < -0.39 is 0 Å². The Bertz CT molecular complexity index is 614. The van der Waals surface area contributed by atoms with Crippen LogP contribution in [0.15, 0.2) is 41.6 Å². The van der Waals surface area contributed by atoms with Gasteiger partial charge in [-0.05, 0) is 43.0 Å². The number of pyridine rings is 1. The lowest BCUT2D eigenvalue weighted by Gasteiger charge is -2.09. The molecule has 4 nitrogen and oxygen atoms in total. The van der Waals surface area contributed by atoms with Gasteiger partial charge in [-0.3, -0.25) is 4.79 Å². The van der Waals surface area contributed by atoms with E-state index in [9.17, 15) is 9.90 Å². The number of nitrogens with zero attached hydrogens (tertiary/aromatic N) is 1. The molecule has 0 aliphatic heterocycles. The first-order valence-electron chi connectivity index (χ1n) is 5.72. The molecule has 2 aromatic rings. The summed E-state index contributed by atoms with van der Waals surface area (Å²) in [5, 5.41) is 13.1. The van der Waals surface area contributed by atoms with Crippen LogP contribution in [0.4, 0.5) is 5.69 Å². The Kier molecular flexibility index (Phi) is 4.06. The number of thioether (sulfide) groups is 1. The van der Waals surface area contributed by atoms with Crippen LogP contribution < -0.4 is 5.32 Å². The van der Waals surface area contributed by atoms with E-state index >= 15 is 0 Å². The molecule has 1 aromatic carbocycles. The van der Waals surface area contributed by atoms with Gasteiger partial charge in [-0.1, -0.05) is 6.07 Å². The minimum absolute atomic E-state index is 0.0583. The number of carbonyl (C=O) groups is 1. The first-order chi connectivity index (χ1) is 9.11. The van der Waals surface area contributed by atoms with Crippen molar-refractivity contribution in [3.63, 3.8) is 0 Å². The monoisotopic (exact) mass is 274 g/mol. The van der Waals surface area contributed by atoms with Gasteiger partial charge in [-0.25, -0.2) is 4.98 Å². The Balaban J connectivity index is 2.26. The van der Waals surface area contributed by atoms with Crippen LogP contribution in [-0.2, 0) is 0 Å². The second kappa shape index (κ2) is 5.75. The van der Waals surface area contributed by atoms with Gasteiger partial charge in [0.25, 0.3) is 5.91 Å². The van der Waals surface area contributed by atoms with E-state index in [1.54, 1.807) is 30.5 Å². The summed E-state index contributed by atoms with van der Waals surface area (Å²) in [5.41, 5.74) is 1.82. The summed E-state index contributed by atoms with van der Waals surface area (Å²) in [6.07, 6.45) is 3.51. The molecule has 2 rings (SSSR count). The smallest absolute Gasteiger partial charge is 0.258 e. The molecule has 5 heteroatoms. The quantitative estimate of drug-likeness (QED) is 0.667. The molecule has 0 radical (unpaired) electrons. The summed E-state index contributed by atoms with van der Waals surface area (Å²) in [7, 11) is 0. The highest BCUT2D eigenvalue weighted by atomic mass is 32.2. The largest absolute Gasteiger partial charge is 0.506 e. The highest BCUT2D eigenvalue weighted by molar-refractivity contribution is 7.98. The summed E-state index contributed by atoms with van der Waals surface area (Å²) in [5.74, 6) is -0.223. The molecule has 0 saturated carbocycles. The van der Waals surface area contributed by atoms with Gasteiger partial charge >= 0.3 is 0 Å². The second-order valence-corrected chi connectivity index (χ2v) is 4.83. The molecule has 0 unspecified atom stereocenters. The van der Waals surface area contributed by atoms with E-state index in [0.717, 1.165) is 5.56 Å². The number of aromatic nitrogens is 1. The lowest BCUT2D eigenvalue weighted by molar-refractivity contribution is 0.102. The van der Waals surface area contributed by atoms with E-state index in [1.165, 1.54) is 11.8 Å².